The number of halogens is 1. The zero-order valence-corrected chi connectivity index (χ0v) is 17.0. The summed E-state index contributed by atoms with van der Waals surface area (Å²) in [4.78, 5) is 27.5. The number of rotatable bonds is 7. The monoisotopic (exact) mass is 406 g/mol. The summed E-state index contributed by atoms with van der Waals surface area (Å²) in [5.74, 6) is -0.422. The third-order valence-corrected chi connectivity index (χ3v) is 4.84. The average molecular weight is 407 g/mol. The summed E-state index contributed by atoms with van der Waals surface area (Å²) < 4.78 is 0. The van der Waals surface area contributed by atoms with Gasteiger partial charge in [0.2, 0.25) is 5.91 Å². The number of nitrogens with zero attached hydrogens (tertiary/aromatic N) is 1. The maximum absolute atomic E-state index is 13.2. The van der Waals surface area contributed by atoms with E-state index in [0.717, 1.165) is 11.1 Å². The van der Waals surface area contributed by atoms with Crippen molar-refractivity contribution in [2.24, 2.45) is 0 Å². The number of hydrogen-bond acceptors (Lipinski definition) is 2. The minimum Gasteiger partial charge on any atom is -0.340 e. The van der Waals surface area contributed by atoms with Crippen molar-refractivity contribution in [3.05, 3.63) is 107 Å². The molecule has 0 saturated heterocycles. The highest BCUT2D eigenvalue weighted by Gasteiger charge is 2.25. The van der Waals surface area contributed by atoms with Crippen LogP contribution < -0.4 is 5.32 Å². The molecule has 3 aromatic rings. The molecule has 3 aromatic carbocycles. The number of hydrogen-bond donors (Lipinski definition) is 1. The molecule has 0 spiro atoms. The number of amides is 2. The SMILES string of the molecule is CN(Cc1cccc(Cl)c1)C(=O)C(Cc1ccccc1)NC(=O)c1ccccc1. The highest BCUT2D eigenvalue weighted by atomic mass is 35.5. The van der Waals surface area contributed by atoms with E-state index in [9.17, 15) is 9.59 Å². The predicted octanol–water partition coefficient (Wildman–Crippen LogP) is 4.34. The van der Waals surface area contributed by atoms with Gasteiger partial charge in [-0.25, -0.2) is 0 Å². The number of carbonyl (C=O) groups excluding carboxylic acids is 2. The normalized spacial score (nSPS) is 11.5. The van der Waals surface area contributed by atoms with Gasteiger partial charge in [0.1, 0.15) is 6.04 Å². The first-order valence-electron chi connectivity index (χ1n) is 9.42. The molecule has 0 aromatic heterocycles. The topological polar surface area (TPSA) is 49.4 Å². The standard InChI is InChI=1S/C24H23ClN2O2/c1-27(17-19-11-8-14-21(25)15-19)24(29)22(16-18-9-4-2-5-10-18)26-23(28)20-12-6-3-7-13-20/h2-15,22H,16-17H2,1H3,(H,26,28). The Morgan fingerprint density at radius 2 is 1.52 bits per heavy atom. The van der Waals surface area contributed by atoms with Crippen LogP contribution in [-0.2, 0) is 17.8 Å². The largest absolute Gasteiger partial charge is 0.340 e. The van der Waals surface area contributed by atoms with E-state index in [0.29, 0.717) is 23.6 Å². The Bertz CT molecular complexity index is 961. The zero-order valence-electron chi connectivity index (χ0n) is 16.2. The molecule has 5 heteroatoms. The molecule has 4 nitrogen and oxygen atoms in total. The van der Waals surface area contributed by atoms with Gasteiger partial charge in [-0.2, -0.15) is 0 Å². The van der Waals surface area contributed by atoms with Crippen molar-refractivity contribution in [3.8, 4) is 0 Å². The Balaban J connectivity index is 1.77. The van der Waals surface area contributed by atoms with Crippen molar-refractivity contribution in [1.82, 2.24) is 10.2 Å². The first-order valence-corrected chi connectivity index (χ1v) is 9.80. The van der Waals surface area contributed by atoms with Crippen LogP contribution in [0.1, 0.15) is 21.5 Å². The molecular weight excluding hydrogens is 384 g/mol. The van der Waals surface area contributed by atoms with Crippen molar-refractivity contribution in [2.45, 2.75) is 19.0 Å². The minimum atomic E-state index is -0.672. The molecule has 0 aliphatic heterocycles. The fourth-order valence-corrected chi connectivity index (χ4v) is 3.35. The second-order valence-electron chi connectivity index (χ2n) is 6.91. The number of carbonyl (C=O) groups is 2. The van der Waals surface area contributed by atoms with Crippen molar-refractivity contribution in [1.29, 1.82) is 0 Å². The highest BCUT2D eigenvalue weighted by molar-refractivity contribution is 6.30. The van der Waals surface area contributed by atoms with Gasteiger partial charge in [-0.15, -0.1) is 0 Å². The van der Waals surface area contributed by atoms with Crippen LogP contribution in [0.25, 0.3) is 0 Å². The molecule has 0 aliphatic rings. The first-order chi connectivity index (χ1) is 14.0. The van der Waals surface area contributed by atoms with E-state index in [2.05, 4.69) is 5.32 Å². The van der Waals surface area contributed by atoms with Gasteiger partial charge in [-0.1, -0.05) is 72.3 Å². The van der Waals surface area contributed by atoms with Gasteiger partial charge in [-0.3, -0.25) is 9.59 Å². The van der Waals surface area contributed by atoms with Crippen LogP contribution in [0.4, 0.5) is 0 Å². The molecule has 0 heterocycles. The number of nitrogens with one attached hydrogen (secondary N) is 1. The summed E-state index contributed by atoms with van der Waals surface area (Å²) in [5.41, 5.74) is 2.44. The van der Waals surface area contributed by atoms with Gasteiger partial charge in [0.15, 0.2) is 0 Å². The highest BCUT2D eigenvalue weighted by Crippen LogP contribution is 2.14. The first kappa shape index (κ1) is 20.6. The van der Waals surface area contributed by atoms with E-state index in [1.165, 1.54) is 0 Å². The van der Waals surface area contributed by atoms with E-state index in [1.54, 1.807) is 42.3 Å². The van der Waals surface area contributed by atoms with Crippen LogP contribution in [0.3, 0.4) is 0 Å². The zero-order chi connectivity index (χ0) is 20.6. The lowest BCUT2D eigenvalue weighted by molar-refractivity contribution is -0.132. The molecule has 0 fully saturated rings. The summed E-state index contributed by atoms with van der Waals surface area (Å²) >= 11 is 6.05. The third-order valence-electron chi connectivity index (χ3n) is 4.61. The molecule has 3 rings (SSSR count). The van der Waals surface area contributed by atoms with Crippen LogP contribution in [0.5, 0.6) is 0 Å². The third kappa shape index (κ3) is 5.93. The van der Waals surface area contributed by atoms with E-state index in [1.807, 2.05) is 54.6 Å². The molecule has 0 radical (unpaired) electrons. The fraction of sp³-hybridized carbons (Fsp3) is 0.167. The van der Waals surface area contributed by atoms with Crippen LogP contribution >= 0.6 is 11.6 Å². The molecule has 1 N–H and O–H groups in total. The summed E-state index contributed by atoms with van der Waals surface area (Å²) in [6.07, 6.45) is 0.415. The minimum absolute atomic E-state index is 0.155. The Morgan fingerprint density at radius 1 is 0.897 bits per heavy atom. The summed E-state index contributed by atoms with van der Waals surface area (Å²) in [7, 11) is 1.73. The van der Waals surface area contributed by atoms with Crippen LogP contribution in [0.2, 0.25) is 5.02 Å². The van der Waals surface area contributed by atoms with Crippen molar-refractivity contribution in [2.75, 3.05) is 7.05 Å². The van der Waals surface area contributed by atoms with Crippen LogP contribution in [0.15, 0.2) is 84.9 Å². The Labute approximate surface area is 176 Å². The van der Waals surface area contributed by atoms with Crippen LogP contribution in [-0.4, -0.2) is 29.8 Å². The average Bonchev–Trinajstić information content (AvgIpc) is 2.74. The van der Waals surface area contributed by atoms with E-state index < -0.39 is 6.04 Å². The lowest BCUT2D eigenvalue weighted by Gasteiger charge is -2.25. The molecule has 0 bridgehead atoms. The Morgan fingerprint density at radius 3 is 2.17 bits per heavy atom. The van der Waals surface area contributed by atoms with Gasteiger partial charge in [0.05, 0.1) is 0 Å². The van der Waals surface area contributed by atoms with Crippen molar-refractivity contribution in [3.63, 3.8) is 0 Å². The second kappa shape index (κ2) is 9.89. The van der Waals surface area contributed by atoms with Gasteiger partial charge < -0.3 is 10.2 Å². The van der Waals surface area contributed by atoms with Crippen molar-refractivity contribution < 1.29 is 9.59 Å². The molecule has 2 amide bonds. The molecule has 29 heavy (non-hydrogen) atoms. The molecular formula is C24H23ClN2O2. The summed E-state index contributed by atoms with van der Waals surface area (Å²) in [5, 5.41) is 3.53. The number of benzene rings is 3. The smallest absolute Gasteiger partial charge is 0.251 e. The van der Waals surface area contributed by atoms with Gasteiger partial charge in [-0.05, 0) is 35.4 Å². The molecule has 148 valence electrons. The Hall–Kier alpha value is -3.11. The maximum atomic E-state index is 13.2. The van der Waals surface area contributed by atoms with E-state index >= 15 is 0 Å². The molecule has 1 atom stereocenters. The molecule has 1 unspecified atom stereocenters. The van der Waals surface area contributed by atoms with Crippen LogP contribution in [0, 0.1) is 0 Å². The summed E-state index contributed by atoms with van der Waals surface area (Å²) in [6.45, 7) is 0.409. The quantitative estimate of drug-likeness (QED) is 0.634. The van der Waals surface area contributed by atoms with E-state index in [-0.39, 0.29) is 11.8 Å². The van der Waals surface area contributed by atoms with Gasteiger partial charge in [0, 0.05) is 30.6 Å². The fourth-order valence-electron chi connectivity index (χ4n) is 3.13. The number of likely N-dealkylation sites (N-methyl/N-ethyl adjacent to an activating group) is 1. The predicted molar refractivity (Wildman–Crippen MR) is 116 cm³/mol. The lowest BCUT2D eigenvalue weighted by Crippen LogP contribution is -2.48. The Kier molecular flexibility index (Phi) is 7.04. The van der Waals surface area contributed by atoms with Crippen molar-refractivity contribution >= 4 is 23.4 Å². The van der Waals surface area contributed by atoms with Gasteiger partial charge >= 0.3 is 0 Å². The lowest BCUT2D eigenvalue weighted by atomic mass is 10.0. The van der Waals surface area contributed by atoms with E-state index in [4.69, 9.17) is 11.6 Å². The summed E-state index contributed by atoms with van der Waals surface area (Å²) in [6, 6.07) is 25.3. The van der Waals surface area contributed by atoms with Gasteiger partial charge in [0.25, 0.3) is 5.91 Å². The molecule has 0 aliphatic carbocycles. The molecule has 0 saturated carbocycles. The maximum Gasteiger partial charge on any atom is 0.251 e. The second-order valence-corrected chi connectivity index (χ2v) is 7.34.